The third-order valence-corrected chi connectivity index (χ3v) is 9.27. The average Bonchev–Trinajstić information content (AvgIpc) is 3.10. The molecule has 1 N–H and O–H groups in total. The Bertz CT molecular complexity index is 1470. The van der Waals surface area contributed by atoms with Crippen LogP contribution in [0.5, 0.6) is 0 Å². The highest BCUT2D eigenvalue weighted by Crippen LogP contribution is 2.38. The zero-order valence-corrected chi connectivity index (χ0v) is 27.9. The Balaban J connectivity index is 1.85. The van der Waals surface area contributed by atoms with Crippen molar-refractivity contribution >= 4 is 41.0 Å². The number of carbonyl (C=O) groups excluding carboxylic acids is 3. The van der Waals surface area contributed by atoms with Crippen LogP contribution in [0, 0.1) is 5.92 Å². The van der Waals surface area contributed by atoms with Gasteiger partial charge in [0.2, 0.25) is 0 Å². The van der Waals surface area contributed by atoms with Crippen LogP contribution < -0.4 is 4.72 Å². The molecule has 0 aliphatic carbocycles. The molecule has 0 amide bonds. The summed E-state index contributed by atoms with van der Waals surface area (Å²) in [6.07, 6.45) is 0.598. The van der Waals surface area contributed by atoms with Crippen LogP contribution in [0.3, 0.4) is 0 Å². The highest BCUT2D eigenvalue weighted by Gasteiger charge is 2.55. The molecule has 1 aliphatic heterocycles. The van der Waals surface area contributed by atoms with Gasteiger partial charge in [0.1, 0.15) is 17.8 Å². The maximum atomic E-state index is 13.7. The second kappa shape index (κ2) is 17.9. The summed E-state index contributed by atoms with van der Waals surface area (Å²) < 4.78 is 40.7. The van der Waals surface area contributed by atoms with E-state index in [0.717, 1.165) is 0 Å². The van der Waals surface area contributed by atoms with Gasteiger partial charge in [0.05, 0.1) is 22.7 Å². The quantitative estimate of drug-likeness (QED) is 0.0697. The van der Waals surface area contributed by atoms with Crippen LogP contribution in [-0.4, -0.2) is 70.4 Å². The highest BCUT2D eigenvalue weighted by atomic mass is 32.2. The van der Waals surface area contributed by atoms with Crippen molar-refractivity contribution in [3.8, 4) is 0 Å². The van der Waals surface area contributed by atoms with E-state index in [9.17, 15) is 18.9 Å². The van der Waals surface area contributed by atoms with E-state index in [1.165, 1.54) is 18.0 Å². The zero-order valence-electron chi connectivity index (χ0n) is 26.3. The zero-order chi connectivity index (χ0) is 33.8. The topological polar surface area (TPSA) is 123 Å². The summed E-state index contributed by atoms with van der Waals surface area (Å²) in [7, 11) is 0. The van der Waals surface area contributed by atoms with Gasteiger partial charge in [-0.3, -0.25) is 0 Å². The van der Waals surface area contributed by atoms with Crippen molar-refractivity contribution in [2.45, 2.75) is 49.2 Å². The Hall–Kier alpha value is -3.87. The van der Waals surface area contributed by atoms with E-state index in [-0.39, 0.29) is 22.6 Å². The predicted molar refractivity (Wildman–Crippen MR) is 183 cm³/mol. The molecule has 1 fully saturated rings. The fourth-order valence-electron chi connectivity index (χ4n) is 5.03. The number of hydrogen-bond donors (Lipinski definition) is 1. The van der Waals surface area contributed by atoms with Crippen LogP contribution in [0.15, 0.2) is 116 Å². The molecule has 3 aromatic rings. The second-order valence-electron chi connectivity index (χ2n) is 10.8. The van der Waals surface area contributed by atoms with Gasteiger partial charge in [-0.05, 0) is 54.5 Å². The van der Waals surface area contributed by atoms with E-state index in [1.54, 1.807) is 103 Å². The van der Waals surface area contributed by atoms with Crippen molar-refractivity contribution in [2.75, 3.05) is 12.0 Å². The predicted octanol–water partition coefficient (Wildman–Crippen LogP) is 5.77. The van der Waals surface area contributed by atoms with Gasteiger partial charge in [-0.15, -0.1) is 29.6 Å². The minimum atomic E-state index is -1.53. The number of benzene rings is 3. The van der Waals surface area contributed by atoms with Gasteiger partial charge in [-0.1, -0.05) is 73.7 Å². The first-order valence-electron chi connectivity index (χ1n) is 15.1. The standard InChI is InChI=1S/C36H39NO8S2/c1-5-7-23-46-36-32(44-35(40)27-21-15-10-16-22-27)31(43-34(39)26-19-13-9-14-20-26)30(42-33(38)25-17-11-8-12-18-25)29(45-36)28(24(3)6-2)37-47(4)41/h5-6,8-22,24,28-32,36-37H,1-2,7,23H2,3-4H3/t24-,28+,29?,30?,31?,32?,36?,47?/m0/s1. The molecule has 0 bridgehead atoms. The van der Waals surface area contributed by atoms with Crippen molar-refractivity contribution in [2.24, 2.45) is 5.92 Å². The smallest absolute Gasteiger partial charge is 0.338 e. The Morgan fingerprint density at radius 3 is 1.70 bits per heavy atom. The summed E-state index contributed by atoms with van der Waals surface area (Å²) >= 11 is -0.188. The first-order valence-corrected chi connectivity index (χ1v) is 17.7. The third kappa shape index (κ3) is 9.82. The SMILES string of the molecule is C=CCCSC1OC([C@H](N[S+](C)[O-])[C@@H](C)C=C)C(OC(=O)c2ccccc2)C(OC(=O)c2ccccc2)C1OC(=O)c1ccccc1. The lowest BCUT2D eigenvalue weighted by molar-refractivity contribution is -0.207. The fourth-order valence-corrected chi connectivity index (χ4v) is 6.90. The largest absolute Gasteiger partial charge is 0.598 e. The minimum absolute atomic E-state index is 0.247. The number of allylic oxidation sites excluding steroid dienone is 1. The molecular formula is C36H39NO8S2. The van der Waals surface area contributed by atoms with Gasteiger partial charge in [-0.25, -0.2) is 14.4 Å². The summed E-state index contributed by atoms with van der Waals surface area (Å²) in [5.74, 6) is -1.92. The lowest BCUT2D eigenvalue weighted by Crippen LogP contribution is -2.66. The van der Waals surface area contributed by atoms with Gasteiger partial charge in [0.15, 0.2) is 18.3 Å². The van der Waals surface area contributed by atoms with E-state index in [4.69, 9.17) is 18.9 Å². The summed E-state index contributed by atoms with van der Waals surface area (Å²) in [6.45, 7) is 9.57. The van der Waals surface area contributed by atoms with Crippen molar-refractivity contribution in [1.82, 2.24) is 4.72 Å². The molecule has 0 radical (unpaired) electrons. The number of hydrogen-bond acceptors (Lipinski definition) is 10. The number of thioether (sulfide) groups is 1. The second-order valence-corrected chi connectivity index (χ2v) is 13.2. The molecule has 11 heteroatoms. The van der Waals surface area contributed by atoms with E-state index < -0.39 is 65.2 Å². The van der Waals surface area contributed by atoms with Gasteiger partial charge >= 0.3 is 17.9 Å². The number of esters is 3. The summed E-state index contributed by atoms with van der Waals surface area (Å²) in [5.41, 5.74) is -0.118. The van der Waals surface area contributed by atoms with Crippen LogP contribution in [0.4, 0.5) is 0 Å². The van der Waals surface area contributed by atoms with E-state index in [0.29, 0.717) is 12.2 Å². The number of ether oxygens (including phenoxy) is 4. The normalized spacial score (nSPS) is 22.6. The third-order valence-electron chi connectivity index (χ3n) is 7.49. The van der Waals surface area contributed by atoms with Crippen molar-refractivity contribution in [1.29, 1.82) is 0 Å². The van der Waals surface area contributed by atoms with Crippen molar-refractivity contribution in [3.05, 3.63) is 133 Å². The maximum Gasteiger partial charge on any atom is 0.338 e. The highest BCUT2D eigenvalue weighted by molar-refractivity contribution is 7.99. The summed E-state index contributed by atoms with van der Waals surface area (Å²) in [6, 6.07) is 24.3. The molecular weight excluding hydrogens is 639 g/mol. The molecule has 1 saturated heterocycles. The van der Waals surface area contributed by atoms with Crippen LogP contribution in [-0.2, 0) is 30.3 Å². The fraction of sp³-hybridized carbons (Fsp3) is 0.306. The average molecular weight is 678 g/mol. The Morgan fingerprint density at radius 2 is 1.28 bits per heavy atom. The summed E-state index contributed by atoms with van der Waals surface area (Å²) in [5, 5.41) is 0. The molecule has 248 valence electrons. The van der Waals surface area contributed by atoms with Crippen molar-refractivity contribution in [3.63, 3.8) is 0 Å². The molecule has 8 atom stereocenters. The van der Waals surface area contributed by atoms with E-state index in [1.807, 2.05) is 6.92 Å². The Labute approximate surface area is 283 Å². The molecule has 0 spiro atoms. The molecule has 3 aromatic carbocycles. The number of carbonyl (C=O) groups is 3. The Morgan fingerprint density at radius 1 is 0.830 bits per heavy atom. The first kappa shape index (κ1) is 36.0. The molecule has 1 aliphatic rings. The lowest BCUT2D eigenvalue weighted by Gasteiger charge is -2.47. The van der Waals surface area contributed by atoms with Gasteiger partial charge in [-0.2, -0.15) is 0 Å². The number of nitrogens with one attached hydrogen (secondary N) is 1. The molecule has 0 aromatic heterocycles. The monoisotopic (exact) mass is 677 g/mol. The van der Waals surface area contributed by atoms with E-state index >= 15 is 0 Å². The van der Waals surface area contributed by atoms with Crippen LogP contribution >= 0.6 is 11.8 Å². The molecule has 0 saturated carbocycles. The van der Waals surface area contributed by atoms with Crippen LogP contribution in [0.25, 0.3) is 0 Å². The van der Waals surface area contributed by atoms with Gasteiger partial charge in [0, 0.05) is 11.4 Å². The summed E-state index contributed by atoms with van der Waals surface area (Å²) in [4.78, 5) is 40.9. The molecule has 6 unspecified atom stereocenters. The maximum absolute atomic E-state index is 13.7. The molecule has 4 rings (SSSR count). The molecule has 1 heterocycles. The Kier molecular flexibility index (Phi) is 13.7. The minimum Gasteiger partial charge on any atom is -0.598 e. The molecule has 47 heavy (non-hydrogen) atoms. The van der Waals surface area contributed by atoms with E-state index in [2.05, 4.69) is 17.9 Å². The van der Waals surface area contributed by atoms with Gasteiger partial charge in [0.25, 0.3) is 0 Å². The lowest BCUT2D eigenvalue weighted by atomic mass is 9.88. The van der Waals surface area contributed by atoms with Crippen molar-refractivity contribution < 1.29 is 37.9 Å². The molecule has 9 nitrogen and oxygen atoms in total. The first-order chi connectivity index (χ1) is 22.7. The van der Waals surface area contributed by atoms with Gasteiger partial charge < -0.3 is 23.5 Å². The number of rotatable bonds is 15. The van der Waals surface area contributed by atoms with Crippen LogP contribution in [0.1, 0.15) is 44.4 Å². The van der Waals surface area contributed by atoms with Crippen LogP contribution in [0.2, 0.25) is 0 Å².